The number of rotatable bonds is 7. The molecule has 0 unspecified atom stereocenters. The van der Waals surface area contributed by atoms with Crippen LogP contribution >= 0.6 is 0 Å². The van der Waals surface area contributed by atoms with Crippen LogP contribution < -0.4 is 10.1 Å². The zero-order chi connectivity index (χ0) is 16.7. The Bertz CT molecular complexity index is 692. The summed E-state index contributed by atoms with van der Waals surface area (Å²) >= 11 is 0. The Morgan fingerprint density at radius 1 is 1.30 bits per heavy atom. The molecule has 1 N–H and O–H groups in total. The number of carbonyl (C=O) groups is 1. The second-order valence-corrected chi connectivity index (χ2v) is 4.97. The monoisotopic (exact) mass is 315 g/mol. The minimum Gasteiger partial charge on any atom is -0.496 e. The van der Waals surface area contributed by atoms with E-state index < -0.39 is 0 Å². The van der Waals surface area contributed by atoms with Crippen molar-refractivity contribution in [3.05, 3.63) is 48.2 Å². The molecule has 1 heterocycles. The van der Waals surface area contributed by atoms with Crippen molar-refractivity contribution in [1.29, 1.82) is 0 Å². The van der Waals surface area contributed by atoms with E-state index in [1.165, 1.54) is 6.08 Å². The van der Waals surface area contributed by atoms with Crippen molar-refractivity contribution < 1.29 is 14.3 Å². The van der Waals surface area contributed by atoms with Crippen LogP contribution in [0.15, 0.2) is 42.6 Å². The standard InChI is InChI=1S/C17H21N3O3/c1-13(14-6-4-5-7-15(14)23-3)12-17(21)18-16-8-9-20(19-16)10-11-22-2/h4-9,12H,10-11H2,1-3H3,(H,18,19,21). The SMILES string of the molecule is COCCn1ccc(NC(=O)C=C(C)c2ccccc2OC)n1. The molecule has 0 saturated carbocycles. The summed E-state index contributed by atoms with van der Waals surface area (Å²) in [5.74, 6) is 1.01. The molecule has 1 aromatic heterocycles. The van der Waals surface area contributed by atoms with Gasteiger partial charge in [-0.15, -0.1) is 0 Å². The molecule has 122 valence electrons. The molecule has 0 radical (unpaired) electrons. The minimum atomic E-state index is -0.231. The Balaban J connectivity index is 2.04. The van der Waals surface area contributed by atoms with Crippen LogP contribution in [0.1, 0.15) is 12.5 Å². The maximum atomic E-state index is 12.1. The fraction of sp³-hybridized carbons (Fsp3) is 0.294. The number of carbonyl (C=O) groups excluding carboxylic acids is 1. The summed E-state index contributed by atoms with van der Waals surface area (Å²) in [5, 5.41) is 7.00. The summed E-state index contributed by atoms with van der Waals surface area (Å²) < 4.78 is 12.0. The molecule has 0 aliphatic carbocycles. The summed E-state index contributed by atoms with van der Waals surface area (Å²) in [6.07, 6.45) is 3.33. The molecular weight excluding hydrogens is 294 g/mol. The number of hydrogen-bond donors (Lipinski definition) is 1. The lowest BCUT2D eigenvalue weighted by Gasteiger charge is -2.08. The van der Waals surface area contributed by atoms with Crippen molar-refractivity contribution in [2.75, 3.05) is 26.1 Å². The fourth-order valence-electron chi connectivity index (χ4n) is 2.14. The highest BCUT2D eigenvalue weighted by Gasteiger charge is 2.07. The third kappa shape index (κ3) is 4.69. The van der Waals surface area contributed by atoms with E-state index in [0.717, 1.165) is 16.9 Å². The van der Waals surface area contributed by atoms with Gasteiger partial charge < -0.3 is 14.8 Å². The number of allylic oxidation sites excluding steroid dienone is 1. The summed E-state index contributed by atoms with van der Waals surface area (Å²) in [7, 11) is 3.25. The largest absolute Gasteiger partial charge is 0.496 e. The summed E-state index contributed by atoms with van der Waals surface area (Å²) in [6, 6.07) is 9.33. The summed E-state index contributed by atoms with van der Waals surface area (Å²) in [5.41, 5.74) is 1.70. The highest BCUT2D eigenvalue weighted by Crippen LogP contribution is 2.25. The van der Waals surface area contributed by atoms with Crippen molar-refractivity contribution in [2.24, 2.45) is 0 Å². The quantitative estimate of drug-likeness (QED) is 0.798. The smallest absolute Gasteiger partial charge is 0.249 e. The number of amides is 1. The molecule has 0 fully saturated rings. The number of para-hydroxylation sites is 1. The summed E-state index contributed by atoms with van der Waals surface area (Å²) in [6.45, 7) is 3.08. The third-order valence-electron chi connectivity index (χ3n) is 3.30. The number of ether oxygens (including phenoxy) is 2. The van der Waals surface area contributed by atoms with E-state index in [4.69, 9.17) is 9.47 Å². The van der Waals surface area contributed by atoms with E-state index in [9.17, 15) is 4.79 Å². The van der Waals surface area contributed by atoms with E-state index in [1.807, 2.05) is 31.2 Å². The zero-order valence-corrected chi connectivity index (χ0v) is 13.6. The van der Waals surface area contributed by atoms with Crippen LogP contribution in [0, 0.1) is 0 Å². The van der Waals surface area contributed by atoms with Crippen LogP contribution in [0.2, 0.25) is 0 Å². The number of methoxy groups -OCH3 is 2. The van der Waals surface area contributed by atoms with Gasteiger partial charge in [0.05, 0.1) is 20.3 Å². The lowest BCUT2D eigenvalue weighted by Crippen LogP contribution is -2.10. The molecular formula is C17H21N3O3. The highest BCUT2D eigenvalue weighted by molar-refractivity contribution is 6.03. The number of nitrogens with one attached hydrogen (secondary N) is 1. The molecule has 0 saturated heterocycles. The lowest BCUT2D eigenvalue weighted by atomic mass is 10.1. The van der Waals surface area contributed by atoms with Crippen LogP contribution in [-0.4, -0.2) is 36.5 Å². The average molecular weight is 315 g/mol. The Kier molecular flexibility index (Phi) is 5.94. The van der Waals surface area contributed by atoms with Crippen LogP contribution in [0.4, 0.5) is 5.82 Å². The van der Waals surface area contributed by atoms with Gasteiger partial charge in [0.2, 0.25) is 5.91 Å². The lowest BCUT2D eigenvalue weighted by molar-refractivity contribution is -0.111. The van der Waals surface area contributed by atoms with Gasteiger partial charge in [-0.2, -0.15) is 5.10 Å². The van der Waals surface area contributed by atoms with Gasteiger partial charge in [-0.3, -0.25) is 9.48 Å². The Hall–Kier alpha value is -2.60. The molecule has 0 aliphatic rings. The van der Waals surface area contributed by atoms with Gasteiger partial charge in [0, 0.05) is 31.0 Å². The van der Waals surface area contributed by atoms with Gasteiger partial charge in [-0.05, 0) is 18.6 Å². The first-order chi connectivity index (χ1) is 11.1. The first kappa shape index (κ1) is 16.8. The number of aromatic nitrogens is 2. The van der Waals surface area contributed by atoms with E-state index in [2.05, 4.69) is 10.4 Å². The fourth-order valence-corrected chi connectivity index (χ4v) is 2.14. The molecule has 2 rings (SSSR count). The van der Waals surface area contributed by atoms with Gasteiger partial charge in [-0.1, -0.05) is 18.2 Å². The number of hydrogen-bond acceptors (Lipinski definition) is 4. The molecule has 1 amide bonds. The molecule has 1 aromatic carbocycles. The van der Waals surface area contributed by atoms with Gasteiger partial charge in [0.1, 0.15) is 5.75 Å². The predicted octanol–water partition coefficient (Wildman–Crippen LogP) is 2.58. The molecule has 0 atom stereocenters. The minimum absolute atomic E-state index is 0.231. The maximum absolute atomic E-state index is 12.1. The van der Waals surface area contributed by atoms with Crippen molar-refractivity contribution in [2.45, 2.75) is 13.5 Å². The molecule has 0 aliphatic heterocycles. The van der Waals surface area contributed by atoms with Gasteiger partial charge in [0.15, 0.2) is 5.82 Å². The Morgan fingerprint density at radius 2 is 2.09 bits per heavy atom. The van der Waals surface area contributed by atoms with Crippen molar-refractivity contribution in [3.63, 3.8) is 0 Å². The molecule has 0 spiro atoms. The first-order valence-electron chi connectivity index (χ1n) is 7.29. The highest BCUT2D eigenvalue weighted by atomic mass is 16.5. The summed E-state index contributed by atoms with van der Waals surface area (Å²) in [4.78, 5) is 12.1. The van der Waals surface area contributed by atoms with E-state index >= 15 is 0 Å². The Morgan fingerprint density at radius 3 is 2.83 bits per heavy atom. The topological polar surface area (TPSA) is 65.4 Å². The van der Waals surface area contributed by atoms with Crippen molar-refractivity contribution >= 4 is 17.3 Å². The number of anilines is 1. The third-order valence-corrected chi connectivity index (χ3v) is 3.30. The van der Waals surface area contributed by atoms with Gasteiger partial charge in [-0.25, -0.2) is 0 Å². The first-order valence-corrected chi connectivity index (χ1v) is 7.29. The predicted molar refractivity (Wildman–Crippen MR) is 89.4 cm³/mol. The molecule has 6 nitrogen and oxygen atoms in total. The van der Waals surface area contributed by atoms with E-state index in [0.29, 0.717) is 19.0 Å². The van der Waals surface area contributed by atoms with Gasteiger partial charge in [0.25, 0.3) is 0 Å². The molecule has 6 heteroatoms. The molecule has 2 aromatic rings. The molecule has 23 heavy (non-hydrogen) atoms. The molecule has 0 bridgehead atoms. The van der Waals surface area contributed by atoms with Crippen LogP contribution in [0.25, 0.3) is 5.57 Å². The maximum Gasteiger partial charge on any atom is 0.249 e. The second kappa shape index (κ2) is 8.14. The van der Waals surface area contributed by atoms with E-state index in [1.54, 1.807) is 31.2 Å². The average Bonchev–Trinajstić information content (AvgIpc) is 2.99. The van der Waals surface area contributed by atoms with Crippen LogP contribution in [-0.2, 0) is 16.1 Å². The number of benzene rings is 1. The number of nitrogens with zero attached hydrogens (tertiary/aromatic N) is 2. The van der Waals surface area contributed by atoms with Crippen molar-refractivity contribution in [3.8, 4) is 5.75 Å². The Labute approximate surface area is 135 Å². The van der Waals surface area contributed by atoms with Crippen LogP contribution in [0.3, 0.4) is 0 Å². The van der Waals surface area contributed by atoms with Crippen molar-refractivity contribution in [1.82, 2.24) is 9.78 Å². The van der Waals surface area contributed by atoms with E-state index in [-0.39, 0.29) is 5.91 Å². The normalized spacial score (nSPS) is 11.3. The second-order valence-electron chi connectivity index (χ2n) is 4.97. The van der Waals surface area contributed by atoms with Gasteiger partial charge >= 0.3 is 0 Å². The van der Waals surface area contributed by atoms with Crippen LogP contribution in [0.5, 0.6) is 5.75 Å². The zero-order valence-electron chi connectivity index (χ0n) is 13.6.